The molecule has 88 valence electrons. The maximum Gasteiger partial charge on any atom is 0.254 e. The third-order valence-electron chi connectivity index (χ3n) is 2.92. The maximum atomic E-state index is 11.7. The first-order valence-corrected chi connectivity index (χ1v) is 5.61. The Hall–Kier alpha value is -1.29. The van der Waals surface area contributed by atoms with Crippen LogP contribution in [0.2, 0.25) is 0 Å². The molecule has 1 unspecified atom stereocenters. The summed E-state index contributed by atoms with van der Waals surface area (Å²) in [4.78, 5) is 11.7. The van der Waals surface area contributed by atoms with Crippen molar-refractivity contribution in [3.8, 4) is 0 Å². The van der Waals surface area contributed by atoms with E-state index in [9.17, 15) is 9.90 Å². The van der Waals surface area contributed by atoms with Gasteiger partial charge in [0.25, 0.3) is 5.91 Å². The van der Waals surface area contributed by atoms with Crippen LogP contribution in [0.3, 0.4) is 0 Å². The summed E-state index contributed by atoms with van der Waals surface area (Å²) in [5.41, 5.74) is 0.556. The normalized spacial score (nSPS) is 17.2. The molecule has 2 rings (SSSR count). The highest BCUT2D eigenvalue weighted by atomic mass is 16.3. The molecular formula is C12H17NO3. The smallest absolute Gasteiger partial charge is 0.254 e. The Kier molecular flexibility index (Phi) is 3.01. The third kappa shape index (κ3) is 2.44. The van der Waals surface area contributed by atoms with Crippen LogP contribution >= 0.6 is 0 Å². The van der Waals surface area contributed by atoms with Gasteiger partial charge < -0.3 is 14.8 Å². The summed E-state index contributed by atoms with van der Waals surface area (Å²) in [6, 6.07) is 1.72. The van der Waals surface area contributed by atoms with Crippen LogP contribution in [0.1, 0.15) is 34.7 Å². The lowest BCUT2D eigenvalue weighted by atomic mass is 10.2. The molecule has 0 saturated heterocycles. The molecule has 0 spiro atoms. The Labute approximate surface area is 94.6 Å². The zero-order valence-electron chi connectivity index (χ0n) is 9.62. The van der Waals surface area contributed by atoms with E-state index >= 15 is 0 Å². The largest absolute Gasteiger partial charge is 0.466 e. The topological polar surface area (TPSA) is 62.5 Å². The van der Waals surface area contributed by atoms with Gasteiger partial charge in [-0.05, 0) is 38.7 Å². The molecule has 4 heteroatoms. The van der Waals surface area contributed by atoms with Crippen LogP contribution < -0.4 is 5.32 Å². The molecule has 1 aliphatic carbocycles. The van der Waals surface area contributed by atoms with Crippen molar-refractivity contribution in [2.45, 2.75) is 32.8 Å². The fraction of sp³-hybridized carbons (Fsp3) is 0.583. The maximum absolute atomic E-state index is 11.7. The summed E-state index contributed by atoms with van der Waals surface area (Å²) in [6.45, 7) is 3.90. The van der Waals surface area contributed by atoms with Crippen molar-refractivity contribution in [2.24, 2.45) is 5.92 Å². The van der Waals surface area contributed by atoms with E-state index < -0.39 is 6.10 Å². The summed E-state index contributed by atoms with van der Waals surface area (Å²) < 4.78 is 5.28. The standard InChI is InChI=1S/C12H17NO3/c1-7-5-10(8(2)16-7)12(15)13-6-11(14)9-3-4-9/h5,9,11,14H,3-4,6H2,1-2H3,(H,13,15). The fourth-order valence-corrected chi connectivity index (χ4v) is 1.80. The molecule has 0 radical (unpaired) electrons. The van der Waals surface area contributed by atoms with E-state index in [1.807, 2.05) is 6.92 Å². The zero-order valence-corrected chi connectivity index (χ0v) is 9.62. The number of aryl methyl sites for hydroxylation is 2. The minimum Gasteiger partial charge on any atom is -0.466 e. The molecule has 1 aromatic rings. The number of furan rings is 1. The highest BCUT2D eigenvalue weighted by Crippen LogP contribution is 2.32. The van der Waals surface area contributed by atoms with E-state index in [0.29, 0.717) is 23.8 Å². The number of rotatable bonds is 4. The quantitative estimate of drug-likeness (QED) is 0.811. The van der Waals surface area contributed by atoms with Crippen molar-refractivity contribution in [3.05, 3.63) is 23.2 Å². The predicted molar refractivity (Wildman–Crippen MR) is 59.2 cm³/mol. The summed E-state index contributed by atoms with van der Waals surface area (Å²) >= 11 is 0. The minimum absolute atomic E-state index is 0.172. The second-order valence-corrected chi connectivity index (χ2v) is 4.44. The van der Waals surface area contributed by atoms with Gasteiger partial charge in [-0.25, -0.2) is 0 Å². The SMILES string of the molecule is Cc1cc(C(=O)NCC(O)C2CC2)c(C)o1. The van der Waals surface area contributed by atoms with Gasteiger partial charge >= 0.3 is 0 Å². The Morgan fingerprint density at radius 1 is 1.62 bits per heavy atom. The van der Waals surface area contributed by atoms with Gasteiger partial charge in [-0.15, -0.1) is 0 Å². The number of amides is 1. The van der Waals surface area contributed by atoms with Crippen molar-refractivity contribution >= 4 is 5.91 Å². The number of carbonyl (C=O) groups excluding carboxylic acids is 1. The van der Waals surface area contributed by atoms with Gasteiger partial charge in [-0.1, -0.05) is 0 Å². The van der Waals surface area contributed by atoms with Gasteiger partial charge in [0.2, 0.25) is 0 Å². The number of hydrogen-bond donors (Lipinski definition) is 2. The highest BCUT2D eigenvalue weighted by molar-refractivity contribution is 5.95. The first-order valence-electron chi connectivity index (χ1n) is 5.61. The molecule has 1 amide bonds. The second-order valence-electron chi connectivity index (χ2n) is 4.44. The van der Waals surface area contributed by atoms with Crippen molar-refractivity contribution in [1.82, 2.24) is 5.32 Å². The van der Waals surface area contributed by atoms with E-state index in [-0.39, 0.29) is 5.91 Å². The molecule has 1 saturated carbocycles. The number of nitrogens with one attached hydrogen (secondary N) is 1. The lowest BCUT2D eigenvalue weighted by molar-refractivity contribution is 0.0899. The van der Waals surface area contributed by atoms with E-state index in [4.69, 9.17) is 4.42 Å². The molecule has 1 aromatic heterocycles. The Bertz CT molecular complexity index is 393. The van der Waals surface area contributed by atoms with E-state index in [0.717, 1.165) is 18.6 Å². The van der Waals surface area contributed by atoms with Crippen LogP contribution in [0, 0.1) is 19.8 Å². The minimum atomic E-state index is -0.405. The van der Waals surface area contributed by atoms with Crippen molar-refractivity contribution in [1.29, 1.82) is 0 Å². The van der Waals surface area contributed by atoms with Gasteiger partial charge in [-0.3, -0.25) is 4.79 Å². The molecule has 4 nitrogen and oxygen atoms in total. The van der Waals surface area contributed by atoms with Crippen LogP contribution in [-0.4, -0.2) is 23.7 Å². The van der Waals surface area contributed by atoms with Crippen LogP contribution in [0.25, 0.3) is 0 Å². The highest BCUT2D eigenvalue weighted by Gasteiger charge is 2.29. The molecule has 1 heterocycles. The van der Waals surface area contributed by atoms with E-state index in [1.165, 1.54) is 0 Å². The van der Waals surface area contributed by atoms with Crippen molar-refractivity contribution in [3.63, 3.8) is 0 Å². The van der Waals surface area contributed by atoms with Gasteiger partial charge in [0.1, 0.15) is 11.5 Å². The summed E-state index contributed by atoms with van der Waals surface area (Å²) in [5.74, 6) is 1.56. The van der Waals surface area contributed by atoms with E-state index in [1.54, 1.807) is 13.0 Å². The van der Waals surface area contributed by atoms with Gasteiger partial charge in [0, 0.05) is 6.54 Å². The Balaban J connectivity index is 1.89. The third-order valence-corrected chi connectivity index (χ3v) is 2.92. The van der Waals surface area contributed by atoms with Crippen LogP contribution in [0.15, 0.2) is 10.5 Å². The van der Waals surface area contributed by atoms with E-state index in [2.05, 4.69) is 5.32 Å². The Morgan fingerprint density at radius 2 is 2.31 bits per heavy atom. The monoisotopic (exact) mass is 223 g/mol. The molecule has 1 aliphatic rings. The molecule has 0 aromatic carbocycles. The fourth-order valence-electron chi connectivity index (χ4n) is 1.80. The average molecular weight is 223 g/mol. The molecule has 1 fully saturated rings. The van der Waals surface area contributed by atoms with Crippen LogP contribution in [-0.2, 0) is 0 Å². The molecule has 2 N–H and O–H groups in total. The number of aliphatic hydroxyl groups excluding tert-OH is 1. The number of aliphatic hydroxyl groups is 1. The number of hydrogen-bond acceptors (Lipinski definition) is 3. The summed E-state index contributed by atoms with van der Waals surface area (Å²) in [5, 5.41) is 12.3. The van der Waals surface area contributed by atoms with Gasteiger partial charge in [-0.2, -0.15) is 0 Å². The number of carbonyl (C=O) groups is 1. The second kappa shape index (κ2) is 4.29. The van der Waals surface area contributed by atoms with Crippen LogP contribution in [0.4, 0.5) is 0 Å². The van der Waals surface area contributed by atoms with Gasteiger partial charge in [0.15, 0.2) is 0 Å². The van der Waals surface area contributed by atoms with Gasteiger partial charge in [0.05, 0.1) is 11.7 Å². The predicted octanol–water partition coefficient (Wildman–Crippen LogP) is 1.40. The van der Waals surface area contributed by atoms with Crippen molar-refractivity contribution < 1.29 is 14.3 Å². The molecule has 0 aliphatic heterocycles. The zero-order chi connectivity index (χ0) is 11.7. The average Bonchev–Trinajstić information content (AvgIpc) is 3.01. The molecular weight excluding hydrogens is 206 g/mol. The molecule has 0 bridgehead atoms. The Morgan fingerprint density at radius 3 is 2.81 bits per heavy atom. The first kappa shape index (κ1) is 11.2. The summed E-state index contributed by atoms with van der Waals surface area (Å²) in [7, 11) is 0. The summed E-state index contributed by atoms with van der Waals surface area (Å²) in [6.07, 6.45) is 1.74. The van der Waals surface area contributed by atoms with Crippen molar-refractivity contribution in [2.75, 3.05) is 6.54 Å². The van der Waals surface area contributed by atoms with Crippen LogP contribution in [0.5, 0.6) is 0 Å². The lowest BCUT2D eigenvalue weighted by Crippen LogP contribution is -2.33. The molecule has 16 heavy (non-hydrogen) atoms. The lowest BCUT2D eigenvalue weighted by Gasteiger charge is -2.09. The molecule has 1 atom stereocenters. The first-order chi connectivity index (χ1) is 7.58.